The van der Waals surface area contributed by atoms with Crippen LogP contribution in [0, 0.1) is 17.6 Å². The average Bonchev–Trinajstić information content (AvgIpc) is 2.74. The van der Waals surface area contributed by atoms with Gasteiger partial charge in [-0.15, -0.1) is 0 Å². The number of nitrogen functional groups attached to an aromatic ring is 2. The Balaban J connectivity index is 1.58. The van der Waals surface area contributed by atoms with Gasteiger partial charge in [-0.3, -0.25) is 0 Å². The summed E-state index contributed by atoms with van der Waals surface area (Å²) >= 11 is 0. The molecule has 0 heterocycles. The summed E-state index contributed by atoms with van der Waals surface area (Å²) in [5.74, 6) is -0.854. The van der Waals surface area contributed by atoms with Crippen LogP contribution in [0.1, 0.15) is 82.6 Å². The fraction of sp³-hybridized carbons (Fsp3) is 0.520. The molecule has 1 saturated carbocycles. The van der Waals surface area contributed by atoms with E-state index in [-0.39, 0.29) is 23.1 Å². The van der Waals surface area contributed by atoms with E-state index in [0.29, 0.717) is 11.3 Å². The molecule has 1 aliphatic rings. The van der Waals surface area contributed by atoms with E-state index in [9.17, 15) is 8.78 Å². The quantitative estimate of drug-likeness (QED) is 0.327. The molecule has 164 valence electrons. The van der Waals surface area contributed by atoms with Gasteiger partial charge in [0.15, 0.2) is 17.3 Å². The van der Waals surface area contributed by atoms with Crippen molar-refractivity contribution in [3.8, 4) is 11.5 Å². The Kier molecular flexibility index (Phi) is 7.94. The summed E-state index contributed by atoms with van der Waals surface area (Å²) in [4.78, 5) is 0. The average molecular weight is 417 g/mol. The first kappa shape index (κ1) is 22.4. The second kappa shape index (κ2) is 10.6. The Bertz CT molecular complexity index is 832. The van der Waals surface area contributed by atoms with Gasteiger partial charge in [-0.1, -0.05) is 51.5 Å². The highest BCUT2D eigenvalue weighted by Crippen LogP contribution is 2.41. The van der Waals surface area contributed by atoms with E-state index in [4.69, 9.17) is 16.2 Å². The Hall–Kier alpha value is -2.30. The number of rotatable bonds is 9. The molecular formula is C25H34F2N2O. The molecule has 1 fully saturated rings. The number of benzene rings is 2. The molecule has 3 nitrogen and oxygen atoms in total. The molecule has 2 aromatic rings. The number of ether oxygens (including phenoxy) is 1. The molecule has 4 N–H and O–H groups in total. The van der Waals surface area contributed by atoms with Gasteiger partial charge in [0.25, 0.3) is 0 Å². The second-order valence-corrected chi connectivity index (χ2v) is 8.60. The number of anilines is 2. The molecule has 0 atom stereocenters. The predicted octanol–water partition coefficient (Wildman–Crippen LogP) is 7.56. The Morgan fingerprint density at radius 1 is 0.867 bits per heavy atom. The Labute approximate surface area is 178 Å². The van der Waals surface area contributed by atoms with Gasteiger partial charge in [0.2, 0.25) is 5.82 Å². The molecule has 0 spiro atoms. The van der Waals surface area contributed by atoms with Crippen LogP contribution in [-0.4, -0.2) is 0 Å². The van der Waals surface area contributed by atoms with Crippen LogP contribution in [0.25, 0.3) is 0 Å². The number of hydrogen-bond donors (Lipinski definition) is 2. The zero-order chi connectivity index (χ0) is 21.5. The summed E-state index contributed by atoms with van der Waals surface area (Å²) < 4.78 is 35.0. The molecule has 3 rings (SSSR count). The number of unbranched alkanes of at least 4 members (excludes halogenated alkanes) is 4. The molecule has 2 aromatic carbocycles. The van der Waals surface area contributed by atoms with Crippen molar-refractivity contribution in [2.45, 2.75) is 77.0 Å². The molecule has 0 unspecified atom stereocenters. The molecule has 0 bridgehead atoms. The van der Waals surface area contributed by atoms with Crippen molar-refractivity contribution in [1.82, 2.24) is 0 Å². The van der Waals surface area contributed by atoms with Crippen LogP contribution in [0.5, 0.6) is 11.5 Å². The van der Waals surface area contributed by atoms with E-state index >= 15 is 0 Å². The van der Waals surface area contributed by atoms with Crippen LogP contribution in [0.4, 0.5) is 20.2 Å². The van der Waals surface area contributed by atoms with Gasteiger partial charge in [0.1, 0.15) is 0 Å². The van der Waals surface area contributed by atoms with Gasteiger partial charge in [0, 0.05) is 5.69 Å². The van der Waals surface area contributed by atoms with Crippen LogP contribution in [0.3, 0.4) is 0 Å². The lowest BCUT2D eigenvalue weighted by molar-refractivity contribution is 0.296. The molecule has 0 amide bonds. The largest absolute Gasteiger partial charge is 0.452 e. The summed E-state index contributed by atoms with van der Waals surface area (Å²) in [5, 5.41) is 0. The standard InChI is InChI=1S/C25H34F2N2O/c1-2-3-4-5-6-7-17-8-10-18(11-9-17)20-13-15-23(25(27)24(20)26)30-22-14-12-19(28)16-21(22)29/h12-18H,2-11,28-29H2,1H3. The second-order valence-electron chi connectivity index (χ2n) is 8.60. The summed E-state index contributed by atoms with van der Waals surface area (Å²) in [5.41, 5.74) is 12.8. The smallest absolute Gasteiger partial charge is 0.201 e. The van der Waals surface area contributed by atoms with Gasteiger partial charge in [-0.05, 0) is 67.3 Å². The zero-order valence-corrected chi connectivity index (χ0v) is 17.9. The molecule has 5 heteroatoms. The summed E-state index contributed by atoms with van der Waals surface area (Å²) in [6.07, 6.45) is 11.8. The number of hydrogen-bond acceptors (Lipinski definition) is 3. The maximum Gasteiger partial charge on any atom is 0.201 e. The van der Waals surface area contributed by atoms with Gasteiger partial charge >= 0.3 is 0 Å². The Morgan fingerprint density at radius 3 is 2.27 bits per heavy atom. The zero-order valence-electron chi connectivity index (χ0n) is 17.9. The minimum atomic E-state index is -0.957. The summed E-state index contributed by atoms with van der Waals surface area (Å²) in [7, 11) is 0. The van der Waals surface area contributed by atoms with E-state index < -0.39 is 11.6 Å². The first-order valence-electron chi connectivity index (χ1n) is 11.3. The van der Waals surface area contributed by atoms with E-state index in [2.05, 4.69) is 6.92 Å². The summed E-state index contributed by atoms with van der Waals surface area (Å²) in [6, 6.07) is 7.86. The predicted molar refractivity (Wildman–Crippen MR) is 120 cm³/mol. The van der Waals surface area contributed by atoms with Gasteiger partial charge in [-0.2, -0.15) is 4.39 Å². The highest BCUT2D eigenvalue weighted by Gasteiger charge is 2.26. The first-order valence-corrected chi connectivity index (χ1v) is 11.3. The molecule has 30 heavy (non-hydrogen) atoms. The number of halogens is 2. The van der Waals surface area contributed by atoms with Crippen LogP contribution in [0.2, 0.25) is 0 Å². The van der Waals surface area contributed by atoms with E-state index in [1.807, 2.05) is 0 Å². The van der Waals surface area contributed by atoms with Crippen molar-refractivity contribution >= 4 is 11.4 Å². The molecule has 0 radical (unpaired) electrons. The van der Waals surface area contributed by atoms with Crippen molar-refractivity contribution in [3.05, 3.63) is 47.5 Å². The third-order valence-corrected chi connectivity index (χ3v) is 6.33. The SMILES string of the molecule is CCCCCCCC1CCC(c2ccc(Oc3ccc(N)cc3N)c(F)c2F)CC1. The fourth-order valence-corrected chi connectivity index (χ4v) is 4.52. The highest BCUT2D eigenvalue weighted by atomic mass is 19.2. The minimum Gasteiger partial charge on any atom is -0.452 e. The molecule has 0 saturated heterocycles. The lowest BCUT2D eigenvalue weighted by Gasteiger charge is -2.29. The van der Waals surface area contributed by atoms with Crippen LogP contribution < -0.4 is 16.2 Å². The summed E-state index contributed by atoms with van der Waals surface area (Å²) in [6.45, 7) is 2.23. The molecule has 1 aliphatic carbocycles. The third kappa shape index (κ3) is 5.65. The van der Waals surface area contributed by atoms with E-state index in [0.717, 1.165) is 31.6 Å². The van der Waals surface area contributed by atoms with Crippen molar-refractivity contribution < 1.29 is 13.5 Å². The van der Waals surface area contributed by atoms with Crippen LogP contribution >= 0.6 is 0 Å². The first-order chi connectivity index (χ1) is 14.5. The fourth-order valence-electron chi connectivity index (χ4n) is 4.52. The van der Waals surface area contributed by atoms with E-state index in [1.54, 1.807) is 18.2 Å². The monoisotopic (exact) mass is 416 g/mol. The van der Waals surface area contributed by atoms with E-state index in [1.165, 1.54) is 50.7 Å². The van der Waals surface area contributed by atoms with Gasteiger partial charge in [-0.25, -0.2) is 4.39 Å². The Morgan fingerprint density at radius 2 is 1.57 bits per heavy atom. The normalized spacial score (nSPS) is 19.0. The van der Waals surface area contributed by atoms with Crippen LogP contribution in [-0.2, 0) is 0 Å². The third-order valence-electron chi connectivity index (χ3n) is 6.33. The lowest BCUT2D eigenvalue weighted by atomic mass is 9.77. The molecular weight excluding hydrogens is 382 g/mol. The van der Waals surface area contributed by atoms with Gasteiger partial charge in [0.05, 0.1) is 5.69 Å². The van der Waals surface area contributed by atoms with Crippen molar-refractivity contribution in [2.24, 2.45) is 5.92 Å². The maximum absolute atomic E-state index is 14.8. The van der Waals surface area contributed by atoms with Crippen molar-refractivity contribution in [3.63, 3.8) is 0 Å². The van der Waals surface area contributed by atoms with Crippen molar-refractivity contribution in [1.29, 1.82) is 0 Å². The molecule has 0 aliphatic heterocycles. The number of nitrogens with two attached hydrogens (primary N) is 2. The minimum absolute atomic E-state index is 0.0754. The van der Waals surface area contributed by atoms with Gasteiger partial charge < -0.3 is 16.2 Å². The highest BCUT2D eigenvalue weighted by molar-refractivity contribution is 5.61. The molecule has 0 aromatic heterocycles. The lowest BCUT2D eigenvalue weighted by Crippen LogP contribution is -2.15. The topological polar surface area (TPSA) is 61.3 Å². The maximum atomic E-state index is 14.8. The van der Waals surface area contributed by atoms with Crippen molar-refractivity contribution in [2.75, 3.05) is 11.5 Å². The van der Waals surface area contributed by atoms with Crippen LogP contribution in [0.15, 0.2) is 30.3 Å².